The first-order chi connectivity index (χ1) is 7.79. The number of nitrogens with zero attached hydrogens (tertiary/aromatic N) is 1. The Balaban J connectivity index is 2.40. The maximum atomic E-state index is 11.9. The number of likely N-dealkylation sites (tertiary alicyclic amines) is 1. The molecule has 100 valence electrons. The van der Waals surface area contributed by atoms with E-state index in [1.54, 1.807) is 0 Å². The second-order valence-corrected chi connectivity index (χ2v) is 4.15. The second kappa shape index (κ2) is 5.68. The fourth-order valence-electron chi connectivity index (χ4n) is 1.70. The molecule has 1 N–H and O–H groups in total. The van der Waals surface area contributed by atoms with Crippen LogP contribution in [-0.2, 0) is 9.53 Å². The fourth-order valence-corrected chi connectivity index (χ4v) is 1.70. The normalized spacial score (nSPS) is 23.6. The average molecular weight is 255 g/mol. The molecule has 0 bridgehead atoms. The maximum absolute atomic E-state index is 11.9. The molecule has 1 rings (SSSR count). The molecule has 1 fully saturated rings. The molecule has 4 nitrogen and oxygen atoms in total. The third-order valence-electron chi connectivity index (χ3n) is 2.55. The summed E-state index contributed by atoms with van der Waals surface area (Å²) >= 11 is 0. The van der Waals surface area contributed by atoms with Gasteiger partial charge in [-0.1, -0.05) is 0 Å². The number of ether oxygens (including phenoxy) is 1. The fraction of sp³-hybridized carbons (Fsp3) is 0.900. The van der Waals surface area contributed by atoms with Crippen LogP contribution in [0, 0.1) is 0 Å². The molecule has 0 saturated carbocycles. The van der Waals surface area contributed by atoms with Crippen molar-refractivity contribution in [3.63, 3.8) is 0 Å². The van der Waals surface area contributed by atoms with Gasteiger partial charge >= 0.3 is 6.18 Å². The number of carbonyl (C=O) groups is 1. The van der Waals surface area contributed by atoms with E-state index in [1.165, 1.54) is 11.8 Å². The molecule has 1 amide bonds. The van der Waals surface area contributed by atoms with E-state index in [0.29, 0.717) is 19.4 Å². The van der Waals surface area contributed by atoms with Crippen LogP contribution in [0.2, 0.25) is 0 Å². The summed E-state index contributed by atoms with van der Waals surface area (Å²) in [6.45, 7) is 0.472. The van der Waals surface area contributed by atoms with Crippen molar-refractivity contribution in [1.29, 1.82) is 0 Å². The van der Waals surface area contributed by atoms with Gasteiger partial charge in [0.15, 0.2) is 0 Å². The molecule has 1 aliphatic heterocycles. The minimum absolute atomic E-state index is 0.165. The number of piperidine rings is 1. The van der Waals surface area contributed by atoms with Gasteiger partial charge in [0.2, 0.25) is 0 Å². The Bertz CT molecular complexity index is 270. The summed E-state index contributed by atoms with van der Waals surface area (Å²) < 4.78 is 40.1. The summed E-state index contributed by atoms with van der Waals surface area (Å²) in [6, 6.07) is 0. The van der Waals surface area contributed by atoms with Crippen LogP contribution in [0.3, 0.4) is 0 Å². The van der Waals surface area contributed by atoms with Gasteiger partial charge in [-0.3, -0.25) is 4.79 Å². The second-order valence-electron chi connectivity index (χ2n) is 4.15. The number of halogens is 3. The van der Waals surface area contributed by atoms with Crippen LogP contribution in [0.25, 0.3) is 0 Å². The molecule has 2 unspecified atom stereocenters. The quantitative estimate of drug-likeness (QED) is 0.816. The number of carbonyl (C=O) groups excluding carboxylic acids is 1. The van der Waals surface area contributed by atoms with Crippen molar-refractivity contribution in [3.05, 3.63) is 0 Å². The van der Waals surface area contributed by atoms with E-state index in [2.05, 4.69) is 4.74 Å². The van der Waals surface area contributed by atoms with Gasteiger partial charge in [0.05, 0.1) is 6.10 Å². The SMILES string of the molecule is CC(OCC(F)(F)F)C(=O)N1CCCC(O)C1. The predicted molar refractivity (Wildman–Crippen MR) is 53.3 cm³/mol. The van der Waals surface area contributed by atoms with Crippen LogP contribution >= 0.6 is 0 Å². The highest BCUT2D eigenvalue weighted by molar-refractivity contribution is 5.80. The van der Waals surface area contributed by atoms with Crippen LogP contribution in [0.4, 0.5) is 13.2 Å². The van der Waals surface area contributed by atoms with Crippen molar-refractivity contribution in [3.8, 4) is 0 Å². The van der Waals surface area contributed by atoms with E-state index in [1.807, 2.05) is 0 Å². The van der Waals surface area contributed by atoms with E-state index in [-0.39, 0.29) is 6.54 Å². The zero-order chi connectivity index (χ0) is 13.1. The molecule has 1 aliphatic rings. The van der Waals surface area contributed by atoms with Gasteiger partial charge in [-0.2, -0.15) is 13.2 Å². The first-order valence-corrected chi connectivity index (χ1v) is 5.45. The molecule has 0 aromatic heterocycles. The lowest BCUT2D eigenvalue weighted by atomic mass is 10.1. The zero-order valence-electron chi connectivity index (χ0n) is 9.54. The van der Waals surface area contributed by atoms with Crippen LogP contribution in [0.15, 0.2) is 0 Å². The first kappa shape index (κ1) is 14.2. The summed E-state index contributed by atoms with van der Waals surface area (Å²) in [5.41, 5.74) is 0. The molecule has 17 heavy (non-hydrogen) atoms. The number of β-amino-alcohol motifs (C(OH)–C–C–N with tert-alkyl or cyclic N) is 1. The van der Waals surface area contributed by atoms with Gasteiger partial charge in [0.1, 0.15) is 12.7 Å². The number of rotatable bonds is 3. The number of aliphatic hydroxyl groups is 1. The number of aliphatic hydroxyl groups excluding tert-OH is 1. The number of hydrogen-bond acceptors (Lipinski definition) is 3. The monoisotopic (exact) mass is 255 g/mol. The van der Waals surface area contributed by atoms with E-state index < -0.39 is 30.9 Å². The van der Waals surface area contributed by atoms with Gasteiger partial charge in [0, 0.05) is 13.1 Å². The van der Waals surface area contributed by atoms with Gasteiger partial charge < -0.3 is 14.7 Å². The van der Waals surface area contributed by atoms with Gasteiger partial charge in [-0.25, -0.2) is 0 Å². The lowest BCUT2D eigenvalue weighted by molar-refractivity contribution is -0.189. The molecule has 1 heterocycles. The summed E-state index contributed by atoms with van der Waals surface area (Å²) in [7, 11) is 0. The maximum Gasteiger partial charge on any atom is 0.411 e. The lowest BCUT2D eigenvalue weighted by Gasteiger charge is -2.32. The van der Waals surface area contributed by atoms with Crippen molar-refractivity contribution in [1.82, 2.24) is 4.90 Å². The number of hydrogen-bond donors (Lipinski definition) is 1. The predicted octanol–water partition coefficient (Wildman–Crippen LogP) is 0.937. The molecular weight excluding hydrogens is 239 g/mol. The van der Waals surface area contributed by atoms with Crippen LogP contribution in [-0.4, -0.2) is 54.0 Å². The third kappa shape index (κ3) is 4.91. The van der Waals surface area contributed by atoms with Gasteiger partial charge in [0.25, 0.3) is 5.91 Å². The summed E-state index contributed by atoms with van der Waals surface area (Å²) in [5, 5.41) is 9.35. The molecule has 7 heteroatoms. The van der Waals surface area contributed by atoms with Crippen molar-refractivity contribution in [2.24, 2.45) is 0 Å². The Morgan fingerprint density at radius 3 is 2.76 bits per heavy atom. The zero-order valence-corrected chi connectivity index (χ0v) is 9.54. The van der Waals surface area contributed by atoms with Gasteiger partial charge in [-0.05, 0) is 19.8 Å². The van der Waals surface area contributed by atoms with Gasteiger partial charge in [-0.15, -0.1) is 0 Å². The van der Waals surface area contributed by atoms with E-state index in [4.69, 9.17) is 0 Å². The van der Waals surface area contributed by atoms with E-state index in [9.17, 15) is 23.1 Å². The lowest BCUT2D eigenvalue weighted by Crippen LogP contribution is -2.47. The van der Waals surface area contributed by atoms with Crippen LogP contribution < -0.4 is 0 Å². The van der Waals surface area contributed by atoms with Crippen molar-refractivity contribution >= 4 is 5.91 Å². The van der Waals surface area contributed by atoms with Crippen LogP contribution in [0.1, 0.15) is 19.8 Å². The topological polar surface area (TPSA) is 49.8 Å². The number of amides is 1. The number of alkyl halides is 3. The molecule has 1 saturated heterocycles. The molecule has 0 aromatic carbocycles. The minimum atomic E-state index is -4.43. The standard InChI is InChI=1S/C10H16F3NO3/c1-7(17-6-10(11,12)13)9(16)14-4-2-3-8(15)5-14/h7-8,15H,2-6H2,1H3. The highest BCUT2D eigenvalue weighted by atomic mass is 19.4. The van der Waals surface area contributed by atoms with Crippen molar-refractivity contribution in [2.45, 2.75) is 38.1 Å². The Hall–Kier alpha value is -0.820. The van der Waals surface area contributed by atoms with Crippen LogP contribution in [0.5, 0.6) is 0 Å². The molecule has 0 spiro atoms. The summed E-state index contributed by atoms with van der Waals surface area (Å²) in [4.78, 5) is 13.0. The highest BCUT2D eigenvalue weighted by Gasteiger charge is 2.32. The van der Waals surface area contributed by atoms with Crippen molar-refractivity contribution in [2.75, 3.05) is 19.7 Å². The summed E-state index contributed by atoms with van der Waals surface area (Å²) in [5.74, 6) is -0.506. The molecule has 0 radical (unpaired) electrons. The largest absolute Gasteiger partial charge is 0.411 e. The summed E-state index contributed by atoms with van der Waals surface area (Å²) in [6.07, 6.45) is -4.90. The first-order valence-electron chi connectivity index (χ1n) is 5.45. The van der Waals surface area contributed by atoms with E-state index >= 15 is 0 Å². The smallest absolute Gasteiger partial charge is 0.391 e. The molecular formula is C10H16F3NO3. The Labute approximate surface area is 97.3 Å². The Morgan fingerprint density at radius 1 is 1.59 bits per heavy atom. The molecule has 0 aromatic rings. The third-order valence-corrected chi connectivity index (χ3v) is 2.55. The Kier molecular flexibility index (Phi) is 4.76. The highest BCUT2D eigenvalue weighted by Crippen LogP contribution is 2.17. The average Bonchev–Trinajstić information content (AvgIpc) is 2.24. The molecule has 0 aliphatic carbocycles. The van der Waals surface area contributed by atoms with Crippen molar-refractivity contribution < 1.29 is 27.8 Å². The molecule has 2 atom stereocenters. The van der Waals surface area contributed by atoms with E-state index in [0.717, 1.165) is 0 Å². The minimum Gasteiger partial charge on any atom is -0.391 e. The Morgan fingerprint density at radius 2 is 2.24 bits per heavy atom.